The molecule has 220 valence electrons. The smallest absolute Gasteiger partial charge is 0.349 e. The number of rotatable bonds is 6. The normalized spacial score (nSPS) is 35.7. The molecule has 0 spiro atoms. The molecular formula is C33H35NO5S3. The average Bonchev–Trinajstić information content (AvgIpc) is 3.70. The fourth-order valence-electron chi connectivity index (χ4n) is 9.12. The van der Waals surface area contributed by atoms with Crippen LogP contribution in [-0.2, 0) is 14.3 Å². The third-order valence-electron chi connectivity index (χ3n) is 11.1. The van der Waals surface area contributed by atoms with Crippen molar-refractivity contribution in [2.75, 3.05) is 5.75 Å². The van der Waals surface area contributed by atoms with Gasteiger partial charge in [-0.2, -0.15) is 0 Å². The minimum atomic E-state index is -1.33. The second kappa shape index (κ2) is 10.4. The number of carbonyl (C=O) groups excluding carboxylic acids is 3. The summed E-state index contributed by atoms with van der Waals surface area (Å²) in [6.45, 7) is 4.32. The summed E-state index contributed by atoms with van der Waals surface area (Å²) in [5, 5.41) is 13.8. The maximum Gasteiger partial charge on any atom is 0.349 e. The first-order chi connectivity index (χ1) is 20.1. The number of esters is 1. The summed E-state index contributed by atoms with van der Waals surface area (Å²) in [6, 6.07) is 11.5. The van der Waals surface area contributed by atoms with E-state index in [0.717, 1.165) is 40.2 Å². The number of hydrogen-bond donors (Lipinski definition) is 1. The highest BCUT2D eigenvalue weighted by Gasteiger charge is 2.70. The van der Waals surface area contributed by atoms with E-state index in [1.165, 1.54) is 28.7 Å². The molecule has 6 unspecified atom stereocenters. The van der Waals surface area contributed by atoms with Crippen LogP contribution in [0.1, 0.15) is 68.5 Å². The second-order valence-corrected chi connectivity index (χ2v) is 16.2. The predicted octanol–water partition coefficient (Wildman–Crippen LogP) is 7.12. The number of aliphatic hydroxyl groups is 1. The van der Waals surface area contributed by atoms with E-state index >= 15 is 0 Å². The van der Waals surface area contributed by atoms with Crippen molar-refractivity contribution in [2.24, 2.45) is 28.6 Å². The van der Waals surface area contributed by atoms with Crippen molar-refractivity contribution in [1.82, 2.24) is 4.98 Å². The van der Waals surface area contributed by atoms with Crippen LogP contribution in [0, 0.1) is 28.6 Å². The van der Waals surface area contributed by atoms with Crippen molar-refractivity contribution < 1.29 is 24.2 Å². The number of nitrogens with zero attached hydrogens (tertiary/aromatic N) is 1. The second-order valence-electron chi connectivity index (χ2n) is 13.0. The number of aromatic nitrogens is 1. The van der Waals surface area contributed by atoms with Gasteiger partial charge >= 0.3 is 5.97 Å². The van der Waals surface area contributed by atoms with Gasteiger partial charge in [0, 0.05) is 11.8 Å². The van der Waals surface area contributed by atoms with Crippen molar-refractivity contribution in [2.45, 2.75) is 74.8 Å². The minimum Gasteiger partial charge on any atom is -0.446 e. The highest BCUT2D eigenvalue weighted by Crippen LogP contribution is 2.68. The van der Waals surface area contributed by atoms with E-state index in [2.05, 4.69) is 13.8 Å². The maximum atomic E-state index is 14.5. The molecule has 3 saturated carbocycles. The maximum absolute atomic E-state index is 14.5. The molecule has 3 aromatic rings. The first-order valence-electron chi connectivity index (χ1n) is 14.9. The predicted molar refractivity (Wildman–Crippen MR) is 166 cm³/mol. The van der Waals surface area contributed by atoms with Crippen LogP contribution in [-0.4, -0.2) is 45.1 Å². The van der Waals surface area contributed by atoms with Gasteiger partial charge in [-0.3, -0.25) is 9.59 Å². The highest BCUT2D eigenvalue weighted by molar-refractivity contribution is 8.01. The molecule has 0 amide bonds. The molecule has 6 nitrogen and oxygen atoms in total. The summed E-state index contributed by atoms with van der Waals surface area (Å²) >= 11 is 4.29. The first-order valence-corrected chi connectivity index (χ1v) is 17.5. The van der Waals surface area contributed by atoms with Gasteiger partial charge in [-0.15, -0.1) is 22.7 Å². The van der Waals surface area contributed by atoms with Gasteiger partial charge in [0.15, 0.2) is 21.5 Å². The Hall–Kier alpha value is -2.33. The van der Waals surface area contributed by atoms with Gasteiger partial charge in [0.25, 0.3) is 0 Å². The van der Waals surface area contributed by atoms with Crippen LogP contribution < -0.4 is 0 Å². The Morgan fingerprint density at radius 1 is 1.12 bits per heavy atom. The molecule has 42 heavy (non-hydrogen) atoms. The number of fused-ring (bicyclic) bond motifs is 6. The summed E-state index contributed by atoms with van der Waals surface area (Å²) in [5.41, 5.74) is -0.154. The summed E-state index contributed by atoms with van der Waals surface area (Å²) in [6.07, 6.45) is 5.80. The van der Waals surface area contributed by atoms with Gasteiger partial charge in [-0.25, -0.2) is 9.78 Å². The van der Waals surface area contributed by atoms with E-state index in [0.29, 0.717) is 24.1 Å². The molecule has 1 N–H and O–H groups in total. The summed E-state index contributed by atoms with van der Waals surface area (Å²) in [4.78, 5) is 45.5. The molecule has 4 aliphatic carbocycles. The van der Waals surface area contributed by atoms with Crippen molar-refractivity contribution in [3.05, 3.63) is 58.3 Å². The molecule has 0 saturated heterocycles. The number of aliphatic hydroxyl groups excluding tert-OH is 1. The zero-order valence-electron chi connectivity index (χ0n) is 23.8. The molecule has 2 aromatic heterocycles. The fraction of sp³-hybridized carbons (Fsp3) is 0.515. The molecule has 4 aliphatic rings. The Bertz CT molecular complexity index is 1560. The summed E-state index contributed by atoms with van der Waals surface area (Å²) in [5.74, 6) is 0.131. The van der Waals surface area contributed by atoms with Gasteiger partial charge in [-0.05, 0) is 91.3 Å². The van der Waals surface area contributed by atoms with E-state index < -0.39 is 23.1 Å². The standard InChI is InChI=1S/C33H35NO5S3/c1-31-13-11-20(35)16-19(31)9-10-21-22-12-14-33(32(22,2)17-24(36)28(21)31,39-29(38)26-8-5-15-40-26)27(37)18-41-30-34-23-6-3-4-7-25(23)42-30/h3-8,15-16,21-22,24,28,36H,9-14,17-18H2,1-2H3/t21?,22?,24?,28?,31?,32?,33-/m0/s1. The number of thiazole rings is 1. The molecular weight excluding hydrogens is 587 g/mol. The summed E-state index contributed by atoms with van der Waals surface area (Å²) < 4.78 is 8.32. The third kappa shape index (κ3) is 4.29. The van der Waals surface area contributed by atoms with Gasteiger partial charge in [-0.1, -0.05) is 49.4 Å². The number of Topliss-reactive ketones (excluding diaryl/α,β-unsaturated/α-hetero) is 1. The van der Waals surface area contributed by atoms with Gasteiger partial charge in [0.05, 0.1) is 22.1 Å². The molecule has 3 fully saturated rings. The Morgan fingerprint density at radius 3 is 2.74 bits per heavy atom. The summed E-state index contributed by atoms with van der Waals surface area (Å²) in [7, 11) is 0. The monoisotopic (exact) mass is 621 g/mol. The molecule has 0 bridgehead atoms. The zero-order valence-corrected chi connectivity index (χ0v) is 26.3. The van der Waals surface area contributed by atoms with Crippen LogP contribution in [0.25, 0.3) is 10.2 Å². The van der Waals surface area contributed by atoms with Crippen molar-refractivity contribution >= 4 is 62.2 Å². The third-order valence-corrected chi connectivity index (χ3v) is 14.1. The largest absolute Gasteiger partial charge is 0.446 e. The molecule has 0 radical (unpaired) electrons. The molecule has 1 aromatic carbocycles. The van der Waals surface area contributed by atoms with Crippen LogP contribution in [0.15, 0.2) is 57.8 Å². The number of thioether (sulfide) groups is 1. The molecule has 9 heteroatoms. The van der Waals surface area contributed by atoms with Crippen LogP contribution >= 0.6 is 34.4 Å². The van der Waals surface area contributed by atoms with Gasteiger partial charge in [0.2, 0.25) is 0 Å². The lowest BCUT2D eigenvalue weighted by Gasteiger charge is -2.60. The molecule has 7 rings (SSSR count). The lowest BCUT2D eigenvalue weighted by atomic mass is 9.45. The number of allylic oxidation sites excluding steroid dienone is 1. The number of ketones is 2. The fourth-order valence-corrected chi connectivity index (χ4v) is 11.7. The van der Waals surface area contributed by atoms with Crippen LogP contribution in [0.5, 0.6) is 0 Å². The van der Waals surface area contributed by atoms with E-state index in [1.54, 1.807) is 17.4 Å². The van der Waals surface area contributed by atoms with E-state index in [1.807, 2.05) is 41.8 Å². The van der Waals surface area contributed by atoms with Crippen molar-refractivity contribution in [3.63, 3.8) is 0 Å². The topological polar surface area (TPSA) is 93.6 Å². The number of para-hydroxylation sites is 1. The van der Waals surface area contributed by atoms with Gasteiger partial charge < -0.3 is 9.84 Å². The Kier molecular flexibility index (Phi) is 7.04. The number of ether oxygens (including phenoxy) is 1. The quantitative estimate of drug-likeness (QED) is 0.231. The Morgan fingerprint density at radius 2 is 1.95 bits per heavy atom. The number of thiophene rings is 1. The van der Waals surface area contributed by atoms with Crippen LogP contribution in [0.4, 0.5) is 0 Å². The van der Waals surface area contributed by atoms with E-state index in [-0.39, 0.29) is 40.5 Å². The van der Waals surface area contributed by atoms with E-state index in [9.17, 15) is 19.5 Å². The minimum absolute atomic E-state index is 0.0275. The molecule has 2 heterocycles. The van der Waals surface area contributed by atoms with Crippen LogP contribution in [0.2, 0.25) is 0 Å². The van der Waals surface area contributed by atoms with Crippen molar-refractivity contribution in [3.8, 4) is 0 Å². The lowest BCUT2D eigenvalue weighted by Crippen LogP contribution is -2.63. The zero-order chi connectivity index (χ0) is 29.3. The Balaban J connectivity index is 1.22. The lowest BCUT2D eigenvalue weighted by molar-refractivity contribution is -0.180. The number of hydrogen-bond acceptors (Lipinski definition) is 9. The number of carbonyl (C=O) groups is 3. The van der Waals surface area contributed by atoms with E-state index in [4.69, 9.17) is 9.72 Å². The molecule has 7 atom stereocenters. The Labute approximate surface area is 258 Å². The highest BCUT2D eigenvalue weighted by atomic mass is 32.2. The van der Waals surface area contributed by atoms with Crippen LogP contribution in [0.3, 0.4) is 0 Å². The van der Waals surface area contributed by atoms with Gasteiger partial charge in [0.1, 0.15) is 4.88 Å². The first kappa shape index (κ1) is 28.4. The average molecular weight is 622 g/mol. The van der Waals surface area contributed by atoms with Crippen molar-refractivity contribution in [1.29, 1.82) is 0 Å². The SMILES string of the molecule is CC12CCC(=O)C=C1CCC1C2C(O)CC2(C)C1CC[C@]2(OC(=O)c1cccs1)C(=O)CSc1nc2ccccc2s1. The number of benzene rings is 1. The molecule has 0 aliphatic heterocycles.